The quantitative estimate of drug-likeness (QED) is 0.704. The van der Waals surface area contributed by atoms with Crippen molar-refractivity contribution in [3.05, 3.63) is 0 Å². The van der Waals surface area contributed by atoms with Gasteiger partial charge in [0.15, 0.2) is 0 Å². The van der Waals surface area contributed by atoms with Gasteiger partial charge >= 0.3 is 0 Å². The Morgan fingerprint density at radius 3 is 2.17 bits per heavy atom. The first kappa shape index (κ1) is 11.4. The molecule has 2 nitrogen and oxygen atoms in total. The van der Waals surface area contributed by atoms with Crippen LogP contribution < -0.4 is 0 Å². The van der Waals surface area contributed by atoms with Gasteiger partial charge in [0, 0.05) is 0 Å². The van der Waals surface area contributed by atoms with Crippen LogP contribution in [-0.2, 0) is 0 Å². The third-order valence-corrected chi connectivity index (χ3v) is 1.89. The molecule has 0 aliphatic carbocycles. The average molecular weight is 169 g/mol. The topological polar surface area (TPSA) is 44.0 Å². The summed E-state index contributed by atoms with van der Waals surface area (Å²) < 4.78 is 0. The summed E-state index contributed by atoms with van der Waals surface area (Å²) in [5.74, 6) is -0.204. The average Bonchev–Trinajstić information content (AvgIpc) is 1.85. The predicted molar refractivity (Wildman–Crippen MR) is 49.5 cm³/mol. The summed E-state index contributed by atoms with van der Waals surface area (Å²) in [7, 11) is 0. The van der Waals surface area contributed by atoms with Gasteiger partial charge in [-0.3, -0.25) is 0 Å². The molecule has 70 valence electrons. The van der Waals surface area contributed by atoms with Gasteiger partial charge in [-0.25, -0.2) is 0 Å². The Bertz CT molecular complexity index is 164. The van der Waals surface area contributed by atoms with Crippen LogP contribution in [0.2, 0.25) is 0 Å². The monoisotopic (exact) mass is 169 g/mol. The highest BCUT2D eigenvalue weighted by Crippen LogP contribution is 2.24. The standard InChI is InChI=1S/C10H19NO/c1-5-8(7-11)9(12)6-10(2,3)4/h8-9,12H,5-6H2,1-4H3. The second kappa shape index (κ2) is 4.47. The summed E-state index contributed by atoms with van der Waals surface area (Å²) in [6.07, 6.45) is 0.951. The third kappa shape index (κ3) is 4.35. The molecular formula is C10H19NO. The van der Waals surface area contributed by atoms with E-state index in [1.165, 1.54) is 0 Å². The lowest BCUT2D eigenvalue weighted by atomic mass is 9.84. The molecule has 0 fully saturated rings. The van der Waals surface area contributed by atoms with Crippen LogP contribution in [0.3, 0.4) is 0 Å². The minimum Gasteiger partial charge on any atom is -0.392 e. The summed E-state index contributed by atoms with van der Waals surface area (Å²) in [5, 5.41) is 18.3. The second-order valence-electron chi connectivity index (χ2n) is 4.48. The molecule has 0 amide bonds. The van der Waals surface area contributed by atoms with Gasteiger partial charge in [-0.1, -0.05) is 27.7 Å². The Morgan fingerprint density at radius 1 is 1.42 bits per heavy atom. The van der Waals surface area contributed by atoms with E-state index in [-0.39, 0.29) is 11.3 Å². The lowest BCUT2D eigenvalue weighted by molar-refractivity contribution is 0.0853. The highest BCUT2D eigenvalue weighted by Gasteiger charge is 2.22. The van der Waals surface area contributed by atoms with Crippen LogP contribution in [0.15, 0.2) is 0 Å². The molecule has 0 aliphatic heterocycles. The number of nitriles is 1. The first-order chi connectivity index (χ1) is 5.40. The number of nitrogens with zero attached hydrogens (tertiary/aromatic N) is 1. The van der Waals surface area contributed by atoms with Crippen molar-refractivity contribution in [2.75, 3.05) is 0 Å². The van der Waals surface area contributed by atoms with Crippen LogP contribution in [0, 0.1) is 22.7 Å². The van der Waals surface area contributed by atoms with Crippen molar-refractivity contribution in [1.29, 1.82) is 5.26 Å². The zero-order valence-corrected chi connectivity index (χ0v) is 8.46. The number of aliphatic hydroxyl groups excluding tert-OH is 1. The predicted octanol–water partition coefficient (Wildman–Crippen LogP) is 2.33. The Labute approximate surface area is 75.2 Å². The van der Waals surface area contributed by atoms with Crippen molar-refractivity contribution >= 4 is 0 Å². The molecule has 0 aliphatic rings. The SMILES string of the molecule is CCC(C#N)C(O)CC(C)(C)C. The molecule has 0 saturated heterocycles. The number of hydrogen-bond acceptors (Lipinski definition) is 2. The van der Waals surface area contributed by atoms with Crippen LogP contribution in [0.4, 0.5) is 0 Å². The molecule has 2 unspecified atom stereocenters. The van der Waals surface area contributed by atoms with Crippen molar-refractivity contribution in [3.8, 4) is 6.07 Å². The summed E-state index contributed by atoms with van der Waals surface area (Å²) in [5.41, 5.74) is 0.101. The van der Waals surface area contributed by atoms with Crippen molar-refractivity contribution in [2.24, 2.45) is 11.3 Å². The first-order valence-corrected chi connectivity index (χ1v) is 4.48. The van der Waals surface area contributed by atoms with Crippen LogP contribution in [0.25, 0.3) is 0 Å². The van der Waals surface area contributed by atoms with E-state index >= 15 is 0 Å². The third-order valence-electron chi connectivity index (χ3n) is 1.89. The fraction of sp³-hybridized carbons (Fsp3) is 0.900. The summed E-state index contributed by atoms with van der Waals surface area (Å²) in [6.45, 7) is 8.14. The molecule has 1 N–H and O–H groups in total. The smallest absolute Gasteiger partial charge is 0.0720 e. The number of rotatable bonds is 3. The summed E-state index contributed by atoms with van der Waals surface area (Å²) in [4.78, 5) is 0. The van der Waals surface area contributed by atoms with E-state index in [9.17, 15) is 5.11 Å². The molecule has 0 radical (unpaired) electrons. The molecule has 2 atom stereocenters. The normalized spacial score (nSPS) is 16.7. The van der Waals surface area contributed by atoms with Gasteiger partial charge in [0.1, 0.15) is 0 Å². The molecule has 0 saturated carbocycles. The molecule has 12 heavy (non-hydrogen) atoms. The maximum absolute atomic E-state index is 9.62. The molecular weight excluding hydrogens is 150 g/mol. The molecule has 0 bridgehead atoms. The van der Waals surface area contributed by atoms with E-state index in [4.69, 9.17) is 5.26 Å². The molecule has 0 heterocycles. The second-order valence-corrected chi connectivity index (χ2v) is 4.48. The summed E-state index contributed by atoms with van der Waals surface area (Å²) >= 11 is 0. The van der Waals surface area contributed by atoms with Crippen LogP contribution in [0.5, 0.6) is 0 Å². The van der Waals surface area contributed by atoms with E-state index in [0.717, 1.165) is 6.42 Å². The van der Waals surface area contributed by atoms with Crippen molar-refractivity contribution < 1.29 is 5.11 Å². The van der Waals surface area contributed by atoms with Gasteiger partial charge in [0.25, 0.3) is 0 Å². The maximum atomic E-state index is 9.62. The minimum atomic E-state index is -0.472. The first-order valence-electron chi connectivity index (χ1n) is 4.48. The van der Waals surface area contributed by atoms with Crippen LogP contribution >= 0.6 is 0 Å². The van der Waals surface area contributed by atoms with Gasteiger partial charge in [0.05, 0.1) is 18.1 Å². The van der Waals surface area contributed by atoms with E-state index in [2.05, 4.69) is 26.8 Å². The Morgan fingerprint density at radius 2 is 1.92 bits per heavy atom. The van der Waals surface area contributed by atoms with Gasteiger partial charge in [-0.05, 0) is 18.3 Å². The lowest BCUT2D eigenvalue weighted by Gasteiger charge is -2.24. The van der Waals surface area contributed by atoms with E-state index in [1.54, 1.807) is 0 Å². The molecule has 0 aromatic carbocycles. The molecule has 0 aromatic rings. The van der Waals surface area contributed by atoms with Gasteiger partial charge < -0.3 is 5.11 Å². The van der Waals surface area contributed by atoms with Gasteiger partial charge in [-0.15, -0.1) is 0 Å². The fourth-order valence-corrected chi connectivity index (χ4v) is 1.22. The van der Waals surface area contributed by atoms with E-state index < -0.39 is 6.10 Å². The number of hydrogen-bond donors (Lipinski definition) is 1. The Kier molecular flexibility index (Phi) is 4.26. The largest absolute Gasteiger partial charge is 0.392 e. The molecule has 0 rings (SSSR count). The van der Waals surface area contributed by atoms with Gasteiger partial charge in [-0.2, -0.15) is 5.26 Å². The number of aliphatic hydroxyl groups is 1. The zero-order valence-electron chi connectivity index (χ0n) is 8.46. The highest BCUT2D eigenvalue weighted by molar-refractivity contribution is 4.88. The maximum Gasteiger partial charge on any atom is 0.0720 e. The highest BCUT2D eigenvalue weighted by atomic mass is 16.3. The summed E-state index contributed by atoms with van der Waals surface area (Å²) in [6, 6.07) is 2.12. The molecule has 0 aromatic heterocycles. The van der Waals surface area contributed by atoms with E-state index in [1.807, 2.05) is 6.92 Å². The van der Waals surface area contributed by atoms with Crippen LogP contribution in [0.1, 0.15) is 40.5 Å². The molecule has 2 heteroatoms. The lowest BCUT2D eigenvalue weighted by Crippen LogP contribution is -2.24. The Hall–Kier alpha value is -0.550. The van der Waals surface area contributed by atoms with E-state index in [0.29, 0.717) is 6.42 Å². The Balaban J connectivity index is 4.04. The van der Waals surface area contributed by atoms with Crippen molar-refractivity contribution in [1.82, 2.24) is 0 Å². The van der Waals surface area contributed by atoms with Gasteiger partial charge in [0.2, 0.25) is 0 Å². The fourth-order valence-electron chi connectivity index (χ4n) is 1.22. The van der Waals surface area contributed by atoms with Crippen molar-refractivity contribution in [3.63, 3.8) is 0 Å². The zero-order chi connectivity index (χ0) is 9.78. The minimum absolute atomic E-state index is 0.101. The van der Waals surface area contributed by atoms with Crippen molar-refractivity contribution in [2.45, 2.75) is 46.6 Å². The van der Waals surface area contributed by atoms with Crippen LogP contribution in [-0.4, -0.2) is 11.2 Å². The molecule has 0 spiro atoms.